The summed E-state index contributed by atoms with van der Waals surface area (Å²) in [5, 5.41) is 13.6. The predicted octanol–water partition coefficient (Wildman–Crippen LogP) is -0.152. The molecule has 1 saturated heterocycles. The molecule has 0 radical (unpaired) electrons. The fourth-order valence-corrected chi connectivity index (χ4v) is 3.60. The van der Waals surface area contributed by atoms with Crippen molar-refractivity contribution >= 4 is 29.4 Å². The van der Waals surface area contributed by atoms with Crippen LogP contribution in [0, 0.1) is 5.41 Å². The number of carboxylic acids is 1. The molecule has 1 aromatic rings. The lowest BCUT2D eigenvalue weighted by Crippen LogP contribution is -2.59. The van der Waals surface area contributed by atoms with E-state index in [0.717, 1.165) is 0 Å². The molecule has 27 heavy (non-hydrogen) atoms. The Morgan fingerprint density at radius 3 is 2.59 bits per heavy atom. The summed E-state index contributed by atoms with van der Waals surface area (Å²) in [6, 6.07) is 6.05. The largest absolute Gasteiger partial charge is 0.550 e. The highest BCUT2D eigenvalue weighted by molar-refractivity contribution is 6.10. The average molecular weight is 372 g/mol. The molecule has 3 rings (SSSR count). The number of carbonyl (C=O) groups is 4. The van der Waals surface area contributed by atoms with E-state index in [1.165, 1.54) is 9.80 Å². The molecule has 8 nitrogen and oxygen atoms in total. The molecule has 144 valence electrons. The number of carbonyl (C=O) groups excluding carboxylic acids is 4. The van der Waals surface area contributed by atoms with Gasteiger partial charge in [-0.2, -0.15) is 0 Å². The van der Waals surface area contributed by atoms with Crippen molar-refractivity contribution in [2.75, 3.05) is 25.0 Å². The summed E-state index contributed by atoms with van der Waals surface area (Å²) in [6.45, 7) is 4.02. The van der Waals surface area contributed by atoms with Gasteiger partial charge in [0.15, 0.2) is 0 Å². The summed E-state index contributed by atoms with van der Waals surface area (Å²) in [6.07, 6.45) is -0.195. The molecule has 0 spiro atoms. The minimum atomic E-state index is -1.20. The van der Waals surface area contributed by atoms with Gasteiger partial charge >= 0.3 is 0 Å². The second kappa shape index (κ2) is 7.02. The maximum atomic E-state index is 12.8. The number of amides is 3. The van der Waals surface area contributed by atoms with Crippen LogP contribution in [-0.2, 0) is 14.4 Å². The highest BCUT2D eigenvalue weighted by Gasteiger charge is 2.40. The molecule has 2 aliphatic heterocycles. The van der Waals surface area contributed by atoms with Gasteiger partial charge in [0, 0.05) is 25.5 Å². The molecule has 0 saturated carbocycles. The van der Waals surface area contributed by atoms with E-state index in [0.29, 0.717) is 17.8 Å². The molecular formula is C19H22N3O5-. The number of piperazine rings is 1. The van der Waals surface area contributed by atoms with Crippen molar-refractivity contribution in [3.8, 4) is 0 Å². The monoisotopic (exact) mass is 372 g/mol. The number of anilines is 1. The summed E-state index contributed by atoms with van der Waals surface area (Å²) in [7, 11) is 0. The number of nitrogens with one attached hydrogen (secondary N) is 1. The van der Waals surface area contributed by atoms with Crippen LogP contribution in [-0.4, -0.2) is 59.2 Å². The minimum absolute atomic E-state index is 0.0312. The van der Waals surface area contributed by atoms with Crippen molar-refractivity contribution in [3.05, 3.63) is 29.8 Å². The van der Waals surface area contributed by atoms with Gasteiger partial charge in [0.25, 0.3) is 5.91 Å². The van der Waals surface area contributed by atoms with Gasteiger partial charge in [-0.1, -0.05) is 26.0 Å². The van der Waals surface area contributed by atoms with Crippen LogP contribution in [0.1, 0.15) is 37.0 Å². The predicted molar refractivity (Wildman–Crippen MR) is 94.5 cm³/mol. The Bertz CT molecular complexity index is 804. The Morgan fingerprint density at radius 2 is 1.89 bits per heavy atom. The van der Waals surface area contributed by atoms with Crippen LogP contribution in [0.3, 0.4) is 0 Å². The quantitative estimate of drug-likeness (QED) is 0.790. The molecule has 0 unspecified atom stereocenters. The highest BCUT2D eigenvalue weighted by Crippen LogP contribution is 2.28. The third-order valence-corrected chi connectivity index (χ3v) is 4.96. The number of nitrogens with zero attached hydrogens (tertiary/aromatic N) is 2. The van der Waals surface area contributed by atoms with Crippen LogP contribution in [0.15, 0.2) is 24.3 Å². The topological polar surface area (TPSA) is 110 Å². The van der Waals surface area contributed by atoms with Crippen LogP contribution < -0.4 is 10.4 Å². The molecule has 1 N–H and O–H groups in total. The number of hydrogen-bond donors (Lipinski definition) is 1. The molecule has 2 heterocycles. The smallest absolute Gasteiger partial charge is 0.256 e. The van der Waals surface area contributed by atoms with Gasteiger partial charge in [0.1, 0.15) is 6.04 Å². The second-order valence-corrected chi connectivity index (χ2v) is 7.78. The van der Waals surface area contributed by atoms with E-state index in [-0.39, 0.29) is 43.7 Å². The average Bonchev–Trinajstić information content (AvgIpc) is 2.69. The standard InChI is InChI=1S/C19H23N3O5/c1-19(2,10-16(24)25)9-15(23)21-7-8-22-14(11-21)17(26)20-13-6-4-3-5-12(13)18(22)27/h3-6,14H,7-11H2,1-2H3,(H,20,26)(H,24,25)/p-1/t14-/m0/s1. The van der Waals surface area contributed by atoms with Gasteiger partial charge in [-0.3, -0.25) is 14.4 Å². The minimum Gasteiger partial charge on any atom is -0.550 e. The Labute approximate surface area is 157 Å². The summed E-state index contributed by atoms with van der Waals surface area (Å²) in [5.74, 6) is -2.01. The van der Waals surface area contributed by atoms with Gasteiger partial charge < -0.3 is 25.0 Å². The first kappa shape index (κ1) is 18.9. The summed E-state index contributed by atoms with van der Waals surface area (Å²) < 4.78 is 0. The van der Waals surface area contributed by atoms with Crippen molar-refractivity contribution in [2.45, 2.75) is 32.7 Å². The molecule has 0 aromatic heterocycles. The first-order chi connectivity index (χ1) is 12.7. The van der Waals surface area contributed by atoms with Gasteiger partial charge in [-0.25, -0.2) is 0 Å². The molecule has 0 aliphatic carbocycles. The van der Waals surface area contributed by atoms with Crippen molar-refractivity contribution in [2.24, 2.45) is 5.41 Å². The maximum Gasteiger partial charge on any atom is 0.256 e. The Kier molecular flexibility index (Phi) is 4.91. The van der Waals surface area contributed by atoms with Crippen molar-refractivity contribution in [3.63, 3.8) is 0 Å². The van der Waals surface area contributed by atoms with Gasteiger partial charge in [-0.15, -0.1) is 0 Å². The molecule has 3 amide bonds. The Balaban J connectivity index is 1.75. The van der Waals surface area contributed by atoms with E-state index in [1.54, 1.807) is 38.1 Å². The summed E-state index contributed by atoms with van der Waals surface area (Å²) in [5.41, 5.74) is 0.156. The molecule has 1 aromatic carbocycles. The molecule has 1 fully saturated rings. The number of hydrogen-bond acceptors (Lipinski definition) is 5. The molecule has 0 bridgehead atoms. The summed E-state index contributed by atoms with van der Waals surface area (Å²) in [4.78, 5) is 51.9. The molecule has 8 heteroatoms. The van der Waals surface area contributed by atoms with Gasteiger partial charge in [-0.05, 0) is 24.0 Å². The number of aliphatic carboxylic acids is 1. The number of carboxylic acid groups (broad SMARTS) is 1. The number of benzene rings is 1. The van der Waals surface area contributed by atoms with Gasteiger partial charge in [0.05, 0.1) is 17.8 Å². The van der Waals surface area contributed by atoms with Gasteiger partial charge in [0.2, 0.25) is 11.8 Å². The number of para-hydroxylation sites is 1. The zero-order valence-electron chi connectivity index (χ0n) is 15.4. The molecule has 1 atom stereocenters. The fraction of sp³-hybridized carbons (Fsp3) is 0.474. The molecular weight excluding hydrogens is 350 g/mol. The lowest BCUT2D eigenvalue weighted by Gasteiger charge is -2.40. The Morgan fingerprint density at radius 1 is 1.19 bits per heavy atom. The van der Waals surface area contributed by atoms with Crippen molar-refractivity contribution in [1.29, 1.82) is 0 Å². The van der Waals surface area contributed by atoms with E-state index < -0.39 is 17.4 Å². The summed E-state index contributed by atoms with van der Waals surface area (Å²) >= 11 is 0. The normalized spacial score (nSPS) is 19.7. The van der Waals surface area contributed by atoms with E-state index in [1.807, 2.05) is 0 Å². The van der Waals surface area contributed by atoms with Crippen LogP contribution in [0.4, 0.5) is 5.69 Å². The Hall–Kier alpha value is -2.90. The first-order valence-corrected chi connectivity index (χ1v) is 8.86. The lowest BCUT2D eigenvalue weighted by molar-refractivity contribution is -0.307. The third-order valence-electron chi connectivity index (χ3n) is 4.96. The van der Waals surface area contributed by atoms with E-state index >= 15 is 0 Å². The highest BCUT2D eigenvalue weighted by atomic mass is 16.4. The SMILES string of the molecule is CC(C)(CC(=O)[O-])CC(=O)N1CCN2C(=O)c3ccccc3NC(=O)[C@@H]2C1. The maximum absolute atomic E-state index is 12.8. The number of fused-ring (bicyclic) bond motifs is 2. The number of rotatable bonds is 4. The van der Waals surface area contributed by atoms with E-state index in [9.17, 15) is 24.3 Å². The van der Waals surface area contributed by atoms with Crippen LogP contribution in [0.25, 0.3) is 0 Å². The van der Waals surface area contributed by atoms with Crippen LogP contribution >= 0.6 is 0 Å². The zero-order valence-corrected chi connectivity index (χ0v) is 15.4. The van der Waals surface area contributed by atoms with Crippen molar-refractivity contribution in [1.82, 2.24) is 9.80 Å². The third kappa shape index (κ3) is 3.94. The lowest BCUT2D eigenvalue weighted by atomic mass is 9.85. The van der Waals surface area contributed by atoms with E-state index in [2.05, 4.69) is 5.32 Å². The van der Waals surface area contributed by atoms with Crippen molar-refractivity contribution < 1.29 is 24.3 Å². The van der Waals surface area contributed by atoms with Crippen LogP contribution in [0.5, 0.6) is 0 Å². The first-order valence-electron chi connectivity index (χ1n) is 8.86. The molecule has 2 aliphatic rings. The van der Waals surface area contributed by atoms with E-state index in [4.69, 9.17) is 0 Å². The fourth-order valence-electron chi connectivity index (χ4n) is 3.60. The zero-order chi connectivity index (χ0) is 19.8. The second-order valence-electron chi connectivity index (χ2n) is 7.78. The van der Waals surface area contributed by atoms with Crippen LogP contribution in [0.2, 0.25) is 0 Å².